The fraction of sp³-hybridized carbons (Fsp3) is 0.889. The van der Waals surface area contributed by atoms with E-state index in [4.69, 9.17) is 5.11 Å². The van der Waals surface area contributed by atoms with Crippen molar-refractivity contribution in [2.24, 2.45) is 0 Å². The van der Waals surface area contributed by atoms with E-state index in [1.54, 1.807) is 6.92 Å². The van der Waals surface area contributed by atoms with Crippen LogP contribution in [0.4, 0.5) is 0 Å². The molecule has 0 aromatic carbocycles. The summed E-state index contributed by atoms with van der Waals surface area (Å²) in [5.41, 5.74) is 0. The lowest BCUT2D eigenvalue weighted by atomic mass is 10.2. The summed E-state index contributed by atoms with van der Waals surface area (Å²) in [6, 6.07) is 0. The Kier molecular flexibility index (Phi) is 5.93. The first-order valence-corrected chi connectivity index (χ1v) is 4.44. The van der Waals surface area contributed by atoms with Crippen molar-refractivity contribution in [1.29, 1.82) is 0 Å². The molecular weight excluding hydrogens is 154 g/mol. The third-order valence-corrected chi connectivity index (χ3v) is 1.77. The Balaban J connectivity index is 3.45. The monoisotopic (exact) mass is 173 g/mol. The van der Waals surface area contributed by atoms with Crippen LogP contribution in [0.1, 0.15) is 26.7 Å². The van der Waals surface area contributed by atoms with Crippen molar-refractivity contribution in [3.8, 4) is 0 Å². The Bertz CT molecular complexity index is 134. The Labute approximate surface area is 74.4 Å². The van der Waals surface area contributed by atoms with Crippen LogP contribution < -0.4 is 0 Å². The number of hydrogen-bond donors (Lipinski definition) is 1. The van der Waals surface area contributed by atoms with Crippen LogP contribution >= 0.6 is 0 Å². The van der Waals surface area contributed by atoms with E-state index in [0.717, 1.165) is 13.0 Å². The minimum atomic E-state index is -0.274. The van der Waals surface area contributed by atoms with E-state index in [-0.39, 0.29) is 11.9 Å². The molecule has 0 radical (unpaired) electrons. The number of carbonyl (C=O) groups excluding carboxylic acids is 1. The molecule has 0 aromatic rings. The van der Waals surface area contributed by atoms with Gasteiger partial charge in [0.25, 0.3) is 0 Å². The standard InChI is InChI=1S/C9H19NO2/c1-4-9(12)7-10(3)6-5-8(2)11/h8,11H,4-7H2,1-3H3. The van der Waals surface area contributed by atoms with E-state index in [9.17, 15) is 4.79 Å². The minimum absolute atomic E-state index is 0.253. The molecule has 12 heavy (non-hydrogen) atoms. The molecule has 1 unspecified atom stereocenters. The maximum atomic E-state index is 11.0. The number of carbonyl (C=O) groups is 1. The van der Waals surface area contributed by atoms with Crippen LogP contribution in [0, 0.1) is 0 Å². The number of rotatable bonds is 6. The molecule has 0 aliphatic rings. The minimum Gasteiger partial charge on any atom is -0.393 e. The molecule has 0 aliphatic heterocycles. The highest BCUT2D eigenvalue weighted by Gasteiger charge is 2.04. The fourth-order valence-electron chi connectivity index (χ4n) is 0.899. The summed E-state index contributed by atoms with van der Waals surface area (Å²) in [6.07, 6.45) is 1.05. The van der Waals surface area contributed by atoms with Gasteiger partial charge < -0.3 is 5.11 Å². The van der Waals surface area contributed by atoms with Crippen LogP contribution in [-0.4, -0.2) is 42.0 Å². The van der Waals surface area contributed by atoms with Crippen LogP contribution in [0.3, 0.4) is 0 Å². The quantitative estimate of drug-likeness (QED) is 0.641. The molecule has 0 saturated heterocycles. The van der Waals surface area contributed by atoms with Crippen molar-refractivity contribution in [3.05, 3.63) is 0 Å². The molecule has 3 nitrogen and oxygen atoms in total. The van der Waals surface area contributed by atoms with Crippen molar-refractivity contribution < 1.29 is 9.90 Å². The second kappa shape index (κ2) is 6.14. The molecule has 0 saturated carbocycles. The number of ketones is 1. The van der Waals surface area contributed by atoms with Crippen molar-refractivity contribution in [1.82, 2.24) is 4.90 Å². The van der Waals surface area contributed by atoms with E-state index in [1.165, 1.54) is 0 Å². The summed E-state index contributed by atoms with van der Waals surface area (Å²) in [5.74, 6) is 0.253. The predicted molar refractivity (Wildman–Crippen MR) is 49.1 cm³/mol. The molecule has 0 spiro atoms. The SMILES string of the molecule is CCC(=O)CN(C)CCC(C)O. The third kappa shape index (κ3) is 6.31. The summed E-state index contributed by atoms with van der Waals surface area (Å²) < 4.78 is 0. The predicted octanol–water partition coefficient (Wildman–Crippen LogP) is 0.668. The molecular formula is C9H19NO2. The molecule has 0 amide bonds. The lowest BCUT2D eigenvalue weighted by Gasteiger charge is -2.15. The Hall–Kier alpha value is -0.410. The van der Waals surface area contributed by atoms with Crippen LogP contribution in [0.2, 0.25) is 0 Å². The maximum absolute atomic E-state index is 11.0. The number of aliphatic hydroxyl groups excluding tert-OH is 1. The highest BCUT2D eigenvalue weighted by atomic mass is 16.3. The van der Waals surface area contributed by atoms with E-state index in [0.29, 0.717) is 13.0 Å². The summed E-state index contributed by atoms with van der Waals surface area (Å²) in [6.45, 7) is 4.91. The van der Waals surface area contributed by atoms with Gasteiger partial charge in [0.1, 0.15) is 5.78 Å². The maximum Gasteiger partial charge on any atom is 0.146 e. The van der Waals surface area contributed by atoms with Gasteiger partial charge in [-0.3, -0.25) is 9.69 Å². The zero-order valence-electron chi connectivity index (χ0n) is 8.21. The van der Waals surface area contributed by atoms with Crippen LogP contribution in [0.15, 0.2) is 0 Å². The molecule has 0 bridgehead atoms. The van der Waals surface area contributed by atoms with E-state index >= 15 is 0 Å². The topological polar surface area (TPSA) is 40.5 Å². The van der Waals surface area contributed by atoms with Gasteiger partial charge >= 0.3 is 0 Å². The Morgan fingerprint density at radius 3 is 2.58 bits per heavy atom. The van der Waals surface area contributed by atoms with Gasteiger partial charge in [0.15, 0.2) is 0 Å². The number of Topliss-reactive ketones (excluding diaryl/α,β-unsaturated/α-hetero) is 1. The molecule has 72 valence electrons. The van der Waals surface area contributed by atoms with Crippen LogP contribution in [0.25, 0.3) is 0 Å². The highest BCUT2D eigenvalue weighted by Crippen LogP contribution is 1.94. The average Bonchev–Trinajstić information content (AvgIpc) is 2.00. The summed E-state index contributed by atoms with van der Waals surface area (Å²) in [4.78, 5) is 12.9. The van der Waals surface area contributed by atoms with Gasteiger partial charge in [-0.1, -0.05) is 6.92 Å². The van der Waals surface area contributed by atoms with Crippen molar-refractivity contribution in [2.45, 2.75) is 32.8 Å². The van der Waals surface area contributed by atoms with Gasteiger partial charge in [-0.2, -0.15) is 0 Å². The first-order chi connectivity index (χ1) is 5.56. The molecule has 3 heteroatoms. The molecule has 0 aromatic heterocycles. The van der Waals surface area contributed by atoms with Crippen molar-refractivity contribution in [3.63, 3.8) is 0 Å². The largest absolute Gasteiger partial charge is 0.393 e. The number of hydrogen-bond acceptors (Lipinski definition) is 3. The van der Waals surface area contributed by atoms with Gasteiger partial charge in [-0.15, -0.1) is 0 Å². The molecule has 0 fully saturated rings. The number of likely N-dealkylation sites (N-methyl/N-ethyl adjacent to an activating group) is 1. The van der Waals surface area contributed by atoms with Gasteiger partial charge in [0.05, 0.1) is 12.6 Å². The molecule has 1 atom stereocenters. The molecule has 1 N–H and O–H groups in total. The van der Waals surface area contributed by atoms with Crippen LogP contribution in [0.5, 0.6) is 0 Å². The second-order valence-corrected chi connectivity index (χ2v) is 3.27. The van der Waals surface area contributed by atoms with Gasteiger partial charge in [-0.05, 0) is 20.4 Å². The molecule has 0 heterocycles. The first-order valence-electron chi connectivity index (χ1n) is 4.44. The van der Waals surface area contributed by atoms with Gasteiger partial charge in [0.2, 0.25) is 0 Å². The van der Waals surface area contributed by atoms with Gasteiger partial charge in [0, 0.05) is 13.0 Å². The average molecular weight is 173 g/mol. The molecule has 0 aliphatic carbocycles. The van der Waals surface area contributed by atoms with Crippen molar-refractivity contribution in [2.75, 3.05) is 20.1 Å². The summed E-state index contributed by atoms with van der Waals surface area (Å²) in [7, 11) is 1.90. The number of nitrogens with zero attached hydrogens (tertiary/aromatic N) is 1. The highest BCUT2D eigenvalue weighted by molar-refractivity contribution is 5.80. The first kappa shape index (κ1) is 11.6. The smallest absolute Gasteiger partial charge is 0.146 e. The zero-order valence-corrected chi connectivity index (χ0v) is 8.21. The Morgan fingerprint density at radius 1 is 1.58 bits per heavy atom. The van der Waals surface area contributed by atoms with E-state index in [2.05, 4.69) is 0 Å². The van der Waals surface area contributed by atoms with Crippen molar-refractivity contribution >= 4 is 5.78 Å². The fourth-order valence-corrected chi connectivity index (χ4v) is 0.899. The third-order valence-electron chi connectivity index (χ3n) is 1.77. The summed E-state index contributed by atoms with van der Waals surface area (Å²) in [5, 5.41) is 8.98. The van der Waals surface area contributed by atoms with Crippen LogP contribution in [-0.2, 0) is 4.79 Å². The van der Waals surface area contributed by atoms with Gasteiger partial charge in [-0.25, -0.2) is 0 Å². The molecule has 0 rings (SSSR count). The van der Waals surface area contributed by atoms with E-state index in [1.807, 2.05) is 18.9 Å². The second-order valence-electron chi connectivity index (χ2n) is 3.27. The Morgan fingerprint density at radius 2 is 2.17 bits per heavy atom. The van der Waals surface area contributed by atoms with E-state index < -0.39 is 0 Å². The summed E-state index contributed by atoms with van der Waals surface area (Å²) >= 11 is 0. The lowest BCUT2D eigenvalue weighted by molar-refractivity contribution is -0.119. The number of aliphatic hydroxyl groups is 1. The lowest BCUT2D eigenvalue weighted by Crippen LogP contribution is -2.28. The normalized spacial score (nSPS) is 13.4. The zero-order chi connectivity index (χ0) is 9.56.